The van der Waals surface area contributed by atoms with Crippen molar-refractivity contribution >= 4 is 11.0 Å². The number of hydrogen-bond donors (Lipinski definition) is 0. The van der Waals surface area contributed by atoms with Crippen molar-refractivity contribution in [3.05, 3.63) is 59.4 Å². The quantitative estimate of drug-likeness (QED) is 0.702. The molecule has 1 aliphatic rings. The van der Waals surface area contributed by atoms with E-state index in [1.165, 1.54) is 19.2 Å². The Kier molecular flexibility index (Phi) is 4.80. The number of morpholine rings is 1. The normalized spacial score (nSPS) is 18.1. The summed E-state index contributed by atoms with van der Waals surface area (Å²) >= 11 is 0. The van der Waals surface area contributed by atoms with Crippen LogP contribution >= 0.6 is 0 Å². The Balaban J connectivity index is 1.51. The van der Waals surface area contributed by atoms with Crippen molar-refractivity contribution in [1.29, 1.82) is 0 Å². The molecule has 7 heteroatoms. The molecule has 1 unspecified atom stereocenters. The average molecular weight is 373 g/mol. The molecule has 5 nitrogen and oxygen atoms in total. The molecule has 2 aromatic carbocycles. The molecule has 1 aliphatic heterocycles. The molecule has 1 aromatic heterocycles. The number of halogens is 2. The molecule has 0 spiro atoms. The van der Waals surface area contributed by atoms with E-state index in [-0.39, 0.29) is 11.9 Å². The second-order valence-electron chi connectivity index (χ2n) is 6.79. The fourth-order valence-electron chi connectivity index (χ4n) is 3.55. The summed E-state index contributed by atoms with van der Waals surface area (Å²) in [5.74, 6) is -1.71. The van der Waals surface area contributed by atoms with Crippen LogP contribution < -0.4 is 4.74 Å². The maximum absolute atomic E-state index is 13.9. The van der Waals surface area contributed by atoms with Gasteiger partial charge in [0.15, 0.2) is 17.4 Å². The summed E-state index contributed by atoms with van der Waals surface area (Å²) in [5, 5.41) is 0. The Morgan fingerprint density at radius 1 is 1.22 bits per heavy atom. The molecule has 0 N–H and O–H groups in total. The van der Waals surface area contributed by atoms with Crippen molar-refractivity contribution in [2.45, 2.75) is 12.6 Å². The molecule has 1 atom stereocenters. The van der Waals surface area contributed by atoms with Crippen LogP contribution in [-0.2, 0) is 18.3 Å². The molecule has 4 rings (SSSR count). The zero-order chi connectivity index (χ0) is 19.0. The second kappa shape index (κ2) is 7.25. The van der Waals surface area contributed by atoms with E-state index in [1.807, 2.05) is 23.7 Å². The highest BCUT2D eigenvalue weighted by Gasteiger charge is 2.23. The van der Waals surface area contributed by atoms with Gasteiger partial charge < -0.3 is 14.0 Å². The Hall–Kier alpha value is -2.51. The number of imidazole rings is 1. The summed E-state index contributed by atoms with van der Waals surface area (Å²) in [7, 11) is 3.22. The van der Waals surface area contributed by atoms with E-state index in [9.17, 15) is 8.78 Å². The largest absolute Gasteiger partial charge is 0.491 e. The molecule has 3 aromatic rings. The Bertz CT molecular complexity index is 950. The third-order valence-corrected chi connectivity index (χ3v) is 4.94. The van der Waals surface area contributed by atoms with E-state index in [1.54, 1.807) is 6.33 Å². The third-order valence-electron chi connectivity index (χ3n) is 4.94. The molecule has 0 saturated carbocycles. The van der Waals surface area contributed by atoms with Gasteiger partial charge in [-0.2, -0.15) is 0 Å². The Labute approximate surface area is 156 Å². The van der Waals surface area contributed by atoms with Crippen LogP contribution in [-0.4, -0.2) is 41.3 Å². The molecule has 0 aliphatic carbocycles. The first kappa shape index (κ1) is 17.9. The van der Waals surface area contributed by atoms with Crippen LogP contribution in [0.5, 0.6) is 5.75 Å². The van der Waals surface area contributed by atoms with Crippen LogP contribution in [0.1, 0.15) is 17.2 Å². The van der Waals surface area contributed by atoms with Gasteiger partial charge in [0.05, 0.1) is 37.2 Å². The lowest BCUT2D eigenvalue weighted by Crippen LogP contribution is -2.37. The lowest BCUT2D eigenvalue weighted by atomic mass is 10.1. The van der Waals surface area contributed by atoms with Gasteiger partial charge in [-0.05, 0) is 35.4 Å². The van der Waals surface area contributed by atoms with Crippen molar-refractivity contribution in [3.8, 4) is 5.75 Å². The number of fused-ring (bicyclic) bond motifs is 1. The standard InChI is InChI=1S/C20H21F2N3O2/c1-24-12-23-17-4-3-14(9-18(17)24)19-11-25(5-6-27-19)10-13-7-15(21)20(26-2)16(22)8-13/h3-4,7-9,12,19H,5-6,10-11H2,1-2H3. The topological polar surface area (TPSA) is 39.5 Å². The van der Waals surface area contributed by atoms with Gasteiger partial charge in [0, 0.05) is 26.7 Å². The van der Waals surface area contributed by atoms with E-state index in [0.29, 0.717) is 31.8 Å². The van der Waals surface area contributed by atoms with E-state index in [4.69, 9.17) is 9.47 Å². The lowest BCUT2D eigenvalue weighted by molar-refractivity contribution is -0.0329. The number of aryl methyl sites for hydroxylation is 1. The monoisotopic (exact) mass is 373 g/mol. The van der Waals surface area contributed by atoms with Gasteiger partial charge in [-0.3, -0.25) is 4.90 Å². The van der Waals surface area contributed by atoms with Gasteiger partial charge in [0.2, 0.25) is 0 Å². The summed E-state index contributed by atoms with van der Waals surface area (Å²) in [6.45, 7) is 2.37. The van der Waals surface area contributed by atoms with Gasteiger partial charge in [0.25, 0.3) is 0 Å². The Morgan fingerprint density at radius 2 is 2.00 bits per heavy atom. The van der Waals surface area contributed by atoms with Gasteiger partial charge in [-0.15, -0.1) is 0 Å². The number of hydrogen-bond acceptors (Lipinski definition) is 4. The number of aromatic nitrogens is 2. The van der Waals surface area contributed by atoms with E-state index in [2.05, 4.69) is 16.0 Å². The Morgan fingerprint density at radius 3 is 2.74 bits per heavy atom. The lowest BCUT2D eigenvalue weighted by Gasteiger charge is -2.33. The smallest absolute Gasteiger partial charge is 0.190 e. The van der Waals surface area contributed by atoms with Crippen LogP contribution in [0.15, 0.2) is 36.7 Å². The first-order chi connectivity index (χ1) is 13.0. The molecule has 0 bridgehead atoms. The van der Waals surface area contributed by atoms with Gasteiger partial charge in [-0.1, -0.05) is 6.07 Å². The fourth-order valence-corrected chi connectivity index (χ4v) is 3.55. The van der Waals surface area contributed by atoms with Crippen molar-refractivity contribution in [3.63, 3.8) is 0 Å². The molecular formula is C20H21F2N3O2. The molecule has 1 saturated heterocycles. The summed E-state index contributed by atoms with van der Waals surface area (Å²) < 4.78 is 40.6. The second-order valence-corrected chi connectivity index (χ2v) is 6.79. The first-order valence-corrected chi connectivity index (χ1v) is 8.82. The molecule has 27 heavy (non-hydrogen) atoms. The summed E-state index contributed by atoms with van der Waals surface area (Å²) in [4.78, 5) is 6.48. The maximum Gasteiger partial charge on any atom is 0.190 e. The third kappa shape index (κ3) is 3.52. The number of methoxy groups -OCH3 is 1. The highest BCUT2D eigenvalue weighted by molar-refractivity contribution is 5.76. The van der Waals surface area contributed by atoms with Crippen LogP contribution in [0.25, 0.3) is 11.0 Å². The molecule has 1 fully saturated rings. The predicted molar refractivity (Wildman–Crippen MR) is 97.6 cm³/mol. The maximum atomic E-state index is 13.9. The van der Waals surface area contributed by atoms with Crippen molar-refractivity contribution in [2.75, 3.05) is 26.8 Å². The van der Waals surface area contributed by atoms with Crippen LogP contribution in [0.4, 0.5) is 8.78 Å². The van der Waals surface area contributed by atoms with Crippen LogP contribution in [0.3, 0.4) is 0 Å². The minimum absolute atomic E-state index is 0.0917. The van der Waals surface area contributed by atoms with Crippen LogP contribution in [0, 0.1) is 11.6 Å². The average Bonchev–Trinajstić information content (AvgIpc) is 3.02. The highest BCUT2D eigenvalue weighted by Crippen LogP contribution is 2.28. The van der Waals surface area contributed by atoms with E-state index >= 15 is 0 Å². The fraction of sp³-hybridized carbons (Fsp3) is 0.350. The van der Waals surface area contributed by atoms with E-state index in [0.717, 1.165) is 16.6 Å². The molecule has 0 amide bonds. The number of benzene rings is 2. The molecule has 0 radical (unpaired) electrons. The van der Waals surface area contributed by atoms with Crippen molar-refractivity contribution in [1.82, 2.24) is 14.5 Å². The van der Waals surface area contributed by atoms with Gasteiger partial charge >= 0.3 is 0 Å². The number of ether oxygens (including phenoxy) is 2. The zero-order valence-corrected chi connectivity index (χ0v) is 15.3. The van der Waals surface area contributed by atoms with Crippen LogP contribution in [0.2, 0.25) is 0 Å². The molecular weight excluding hydrogens is 352 g/mol. The minimum atomic E-state index is -0.682. The van der Waals surface area contributed by atoms with Crippen molar-refractivity contribution in [2.24, 2.45) is 7.05 Å². The van der Waals surface area contributed by atoms with E-state index < -0.39 is 11.6 Å². The first-order valence-electron chi connectivity index (χ1n) is 8.82. The zero-order valence-electron chi connectivity index (χ0n) is 15.3. The minimum Gasteiger partial charge on any atom is -0.491 e. The summed E-state index contributed by atoms with van der Waals surface area (Å²) in [6, 6.07) is 8.75. The number of rotatable bonds is 4. The van der Waals surface area contributed by atoms with Gasteiger partial charge in [0.1, 0.15) is 0 Å². The van der Waals surface area contributed by atoms with Gasteiger partial charge in [-0.25, -0.2) is 13.8 Å². The predicted octanol–water partition coefficient (Wildman–Crippen LogP) is 3.43. The molecule has 2 heterocycles. The summed E-state index contributed by atoms with van der Waals surface area (Å²) in [5.41, 5.74) is 3.64. The number of nitrogens with zero attached hydrogens (tertiary/aromatic N) is 3. The van der Waals surface area contributed by atoms with Crippen molar-refractivity contribution < 1.29 is 18.3 Å². The SMILES string of the molecule is COc1c(F)cc(CN2CCOC(c3ccc4ncn(C)c4c3)C2)cc1F. The molecule has 142 valence electrons. The highest BCUT2D eigenvalue weighted by atomic mass is 19.1. The summed E-state index contributed by atoms with van der Waals surface area (Å²) in [6.07, 6.45) is 1.70.